The number of allylic oxidation sites excluding steroid dienone is 1. The van der Waals surface area contributed by atoms with Crippen molar-refractivity contribution in [2.45, 2.75) is 31.0 Å². The van der Waals surface area contributed by atoms with Gasteiger partial charge in [-0.2, -0.15) is 4.99 Å². The van der Waals surface area contributed by atoms with Crippen LogP contribution in [-0.4, -0.2) is 51.8 Å². The van der Waals surface area contributed by atoms with E-state index in [-0.39, 0.29) is 6.61 Å². The van der Waals surface area contributed by atoms with E-state index in [0.717, 1.165) is 0 Å². The third kappa shape index (κ3) is 1.28. The smallest absolute Gasteiger partial charge is 0.299 e. The van der Waals surface area contributed by atoms with E-state index in [4.69, 9.17) is 14.6 Å². The highest BCUT2D eigenvalue weighted by Gasteiger charge is 2.63. The maximum atomic E-state index is 10.1. The van der Waals surface area contributed by atoms with Crippen LogP contribution >= 0.6 is 0 Å². The molecule has 0 spiro atoms. The van der Waals surface area contributed by atoms with E-state index in [2.05, 4.69) is 11.6 Å². The van der Waals surface area contributed by atoms with Gasteiger partial charge in [0.1, 0.15) is 12.2 Å². The molecule has 0 aromatic rings. The summed E-state index contributed by atoms with van der Waals surface area (Å²) in [7, 11) is 0. The normalized spacial score (nSPS) is 43.2. The summed E-state index contributed by atoms with van der Waals surface area (Å²) < 4.78 is 11.3. The lowest BCUT2D eigenvalue weighted by Crippen LogP contribution is -2.45. The molecule has 6 heteroatoms. The Morgan fingerprint density at radius 1 is 1.65 bits per heavy atom. The molecule has 0 saturated carbocycles. The van der Waals surface area contributed by atoms with Crippen LogP contribution in [-0.2, 0) is 9.47 Å². The number of nitrogens with zero attached hydrogens (tertiary/aromatic N) is 2. The molecule has 6 nitrogen and oxygen atoms in total. The van der Waals surface area contributed by atoms with Crippen LogP contribution in [0.1, 0.15) is 6.92 Å². The molecule has 3 heterocycles. The molecule has 3 aliphatic rings. The molecule has 3 rings (SSSR count). The summed E-state index contributed by atoms with van der Waals surface area (Å²) in [4.78, 5) is 5.84. The Balaban J connectivity index is 1.96. The molecule has 0 aromatic heterocycles. The number of hydrogen-bond donors (Lipinski definition) is 2. The van der Waals surface area contributed by atoms with Crippen LogP contribution in [0.15, 0.2) is 29.5 Å². The Morgan fingerprint density at radius 3 is 3.12 bits per heavy atom. The van der Waals surface area contributed by atoms with Gasteiger partial charge in [0, 0.05) is 6.20 Å². The van der Waals surface area contributed by atoms with Crippen LogP contribution in [0.25, 0.3) is 0 Å². The molecular weight excluding hydrogens is 224 g/mol. The summed E-state index contributed by atoms with van der Waals surface area (Å²) in [5.41, 5.74) is -0.325. The van der Waals surface area contributed by atoms with E-state index in [1.54, 1.807) is 24.1 Å². The standard InChI is InChI=1S/C11H14N2O4/c1-6-3-4-13-9-11(2,17-10(13)12-6)8(15)7(5-14)16-9/h3-4,7-9,14-15H,1,5H2,2H3/t7-,8-,9-,11+/m1/s1. The maximum Gasteiger partial charge on any atom is 0.299 e. The number of hydrogen-bond acceptors (Lipinski definition) is 6. The van der Waals surface area contributed by atoms with Gasteiger partial charge in [-0.05, 0) is 13.0 Å². The highest BCUT2D eigenvalue weighted by atomic mass is 16.6. The number of rotatable bonds is 1. The van der Waals surface area contributed by atoms with Crippen molar-refractivity contribution in [2.24, 2.45) is 4.99 Å². The zero-order valence-electron chi connectivity index (χ0n) is 9.41. The molecule has 17 heavy (non-hydrogen) atoms. The van der Waals surface area contributed by atoms with Crippen molar-refractivity contribution in [1.82, 2.24) is 4.90 Å². The lowest BCUT2D eigenvalue weighted by molar-refractivity contribution is -0.0488. The number of aliphatic imine (C=N–C) groups is 1. The minimum Gasteiger partial charge on any atom is -0.451 e. The first kappa shape index (κ1) is 10.8. The molecule has 0 amide bonds. The van der Waals surface area contributed by atoms with Crippen molar-refractivity contribution in [2.75, 3.05) is 6.61 Å². The molecule has 92 valence electrons. The second-order valence-corrected chi connectivity index (χ2v) is 4.55. The van der Waals surface area contributed by atoms with E-state index < -0.39 is 24.0 Å². The number of ether oxygens (including phenoxy) is 2. The lowest BCUT2D eigenvalue weighted by Gasteiger charge is -2.24. The topological polar surface area (TPSA) is 74.5 Å². The van der Waals surface area contributed by atoms with Gasteiger partial charge < -0.3 is 19.7 Å². The molecule has 0 aliphatic carbocycles. The molecule has 4 atom stereocenters. The zero-order chi connectivity index (χ0) is 12.2. The van der Waals surface area contributed by atoms with Gasteiger partial charge in [-0.25, -0.2) is 0 Å². The monoisotopic (exact) mass is 238 g/mol. The SMILES string of the molecule is C=C1C=CN2C(=N1)O[C@@]1(C)[C@H](O)[C@@H](CO)O[C@@H]21. The van der Waals surface area contributed by atoms with Gasteiger partial charge in [0.15, 0.2) is 11.8 Å². The van der Waals surface area contributed by atoms with Gasteiger partial charge >= 0.3 is 0 Å². The van der Waals surface area contributed by atoms with Crippen molar-refractivity contribution in [3.8, 4) is 0 Å². The molecule has 0 bridgehead atoms. The third-order valence-corrected chi connectivity index (χ3v) is 3.36. The van der Waals surface area contributed by atoms with Crippen molar-refractivity contribution < 1.29 is 19.7 Å². The number of fused-ring (bicyclic) bond motifs is 3. The van der Waals surface area contributed by atoms with Crippen LogP contribution in [0.3, 0.4) is 0 Å². The van der Waals surface area contributed by atoms with Gasteiger partial charge in [-0.3, -0.25) is 4.90 Å². The first-order valence-electron chi connectivity index (χ1n) is 5.44. The summed E-state index contributed by atoms with van der Waals surface area (Å²) in [5, 5.41) is 19.2. The molecule has 0 unspecified atom stereocenters. The molecule has 2 fully saturated rings. The van der Waals surface area contributed by atoms with Crippen molar-refractivity contribution in [3.05, 3.63) is 24.6 Å². The minimum absolute atomic E-state index is 0.243. The summed E-state index contributed by atoms with van der Waals surface area (Å²) in [6, 6.07) is 0.375. The van der Waals surface area contributed by atoms with E-state index in [1.165, 1.54) is 0 Å². The van der Waals surface area contributed by atoms with Crippen LogP contribution in [0.5, 0.6) is 0 Å². The summed E-state index contributed by atoms with van der Waals surface area (Å²) >= 11 is 0. The second kappa shape index (κ2) is 3.32. The summed E-state index contributed by atoms with van der Waals surface area (Å²) in [6.45, 7) is 5.22. The number of aliphatic hydroxyl groups is 2. The van der Waals surface area contributed by atoms with Crippen LogP contribution in [0.4, 0.5) is 0 Å². The van der Waals surface area contributed by atoms with Gasteiger partial charge in [0.2, 0.25) is 0 Å². The van der Waals surface area contributed by atoms with Crippen LogP contribution < -0.4 is 0 Å². The molecule has 0 aromatic carbocycles. The fourth-order valence-electron chi connectivity index (χ4n) is 2.38. The van der Waals surface area contributed by atoms with Crippen molar-refractivity contribution >= 4 is 6.02 Å². The predicted octanol–water partition coefficient (Wildman–Crippen LogP) is -0.448. The van der Waals surface area contributed by atoms with Crippen molar-refractivity contribution in [1.29, 1.82) is 0 Å². The van der Waals surface area contributed by atoms with Gasteiger partial charge in [0.05, 0.1) is 12.3 Å². The fourth-order valence-corrected chi connectivity index (χ4v) is 2.38. The van der Waals surface area contributed by atoms with Gasteiger partial charge in [-0.1, -0.05) is 6.58 Å². The summed E-state index contributed by atoms with van der Waals surface area (Å²) in [6.07, 6.45) is 1.49. The molecule has 2 N–H and O–H groups in total. The molecule has 2 saturated heterocycles. The Labute approximate surface area is 98.5 Å². The largest absolute Gasteiger partial charge is 0.451 e. The Hall–Kier alpha value is -1.37. The lowest BCUT2D eigenvalue weighted by atomic mass is 9.97. The highest BCUT2D eigenvalue weighted by Crippen LogP contribution is 2.42. The Morgan fingerprint density at radius 2 is 2.41 bits per heavy atom. The van der Waals surface area contributed by atoms with Gasteiger partial charge in [-0.15, -0.1) is 0 Å². The molecular formula is C11H14N2O4. The Bertz CT molecular complexity index is 433. The average Bonchev–Trinajstić information content (AvgIpc) is 2.69. The average molecular weight is 238 g/mol. The minimum atomic E-state index is -0.915. The van der Waals surface area contributed by atoms with Crippen LogP contribution in [0, 0.1) is 0 Å². The first-order valence-corrected chi connectivity index (χ1v) is 5.44. The van der Waals surface area contributed by atoms with E-state index in [0.29, 0.717) is 11.7 Å². The highest BCUT2D eigenvalue weighted by molar-refractivity contribution is 5.81. The predicted molar refractivity (Wildman–Crippen MR) is 58.8 cm³/mol. The summed E-state index contributed by atoms with van der Waals surface area (Å²) in [5.74, 6) is 0. The molecule has 0 radical (unpaired) electrons. The van der Waals surface area contributed by atoms with E-state index in [1.807, 2.05) is 0 Å². The van der Waals surface area contributed by atoms with Gasteiger partial charge in [0.25, 0.3) is 6.02 Å². The third-order valence-electron chi connectivity index (χ3n) is 3.36. The van der Waals surface area contributed by atoms with E-state index in [9.17, 15) is 5.11 Å². The van der Waals surface area contributed by atoms with E-state index >= 15 is 0 Å². The number of amidine groups is 1. The maximum absolute atomic E-state index is 10.1. The fraction of sp³-hybridized carbons (Fsp3) is 0.545. The first-order chi connectivity index (χ1) is 8.06. The number of aliphatic hydroxyl groups excluding tert-OH is 2. The Kier molecular flexibility index (Phi) is 2.10. The van der Waals surface area contributed by atoms with Crippen LogP contribution in [0.2, 0.25) is 0 Å². The molecule has 3 aliphatic heterocycles. The quantitative estimate of drug-likeness (QED) is 0.647. The van der Waals surface area contributed by atoms with Crippen molar-refractivity contribution in [3.63, 3.8) is 0 Å². The zero-order valence-corrected chi connectivity index (χ0v) is 9.41. The second-order valence-electron chi connectivity index (χ2n) is 4.55.